The van der Waals surface area contributed by atoms with Crippen molar-refractivity contribution in [1.29, 1.82) is 0 Å². The van der Waals surface area contributed by atoms with Crippen molar-refractivity contribution >= 4 is 11.0 Å². The number of hydrogen-bond acceptors (Lipinski definition) is 3. The molecular formula is C15H21NO2. The van der Waals surface area contributed by atoms with Crippen LogP contribution in [0.15, 0.2) is 16.5 Å². The third-order valence-electron chi connectivity index (χ3n) is 3.13. The molecule has 0 aliphatic heterocycles. The number of fused-ring (bicyclic) bond motifs is 1. The molecular weight excluding hydrogens is 226 g/mol. The first-order valence-corrected chi connectivity index (χ1v) is 6.19. The van der Waals surface area contributed by atoms with Gasteiger partial charge in [0.1, 0.15) is 5.76 Å². The SMILES string of the molecule is COc1cc(C)cc2c(C(C)(C)C)c(CN)oc12. The van der Waals surface area contributed by atoms with Gasteiger partial charge in [-0.15, -0.1) is 0 Å². The van der Waals surface area contributed by atoms with E-state index in [4.69, 9.17) is 14.9 Å². The smallest absolute Gasteiger partial charge is 0.176 e. The highest BCUT2D eigenvalue weighted by atomic mass is 16.5. The summed E-state index contributed by atoms with van der Waals surface area (Å²) >= 11 is 0. The maximum Gasteiger partial charge on any atom is 0.176 e. The molecule has 2 aromatic rings. The minimum atomic E-state index is -0.00123. The molecule has 0 bridgehead atoms. The van der Waals surface area contributed by atoms with Crippen LogP contribution in [-0.4, -0.2) is 7.11 Å². The van der Waals surface area contributed by atoms with Gasteiger partial charge in [0.15, 0.2) is 11.3 Å². The summed E-state index contributed by atoms with van der Waals surface area (Å²) in [7, 11) is 1.66. The van der Waals surface area contributed by atoms with Crippen LogP contribution in [0.4, 0.5) is 0 Å². The Labute approximate surface area is 108 Å². The molecule has 0 atom stereocenters. The fourth-order valence-corrected chi connectivity index (χ4v) is 2.47. The van der Waals surface area contributed by atoms with E-state index in [2.05, 4.69) is 33.8 Å². The molecule has 0 saturated carbocycles. The van der Waals surface area contributed by atoms with Gasteiger partial charge >= 0.3 is 0 Å². The van der Waals surface area contributed by atoms with Crippen LogP contribution in [0.3, 0.4) is 0 Å². The van der Waals surface area contributed by atoms with Crippen LogP contribution >= 0.6 is 0 Å². The van der Waals surface area contributed by atoms with Gasteiger partial charge in [-0.2, -0.15) is 0 Å². The second-order valence-electron chi connectivity index (χ2n) is 5.70. The first-order chi connectivity index (χ1) is 8.38. The summed E-state index contributed by atoms with van der Waals surface area (Å²) in [4.78, 5) is 0. The third kappa shape index (κ3) is 1.99. The normalized spacial score (nSPS) is 12.1. The molecule has 18 heavy (non-hydrogen) atoms. The Hall–Kier alpha value is -1.48. The number of ether oxygens (including phenoxy) is 1. The van der Waals surface area contributed by atoms with Gasteiger partial charge in [-0.1, -0.05) is 20.8 Å². The zero-order chi connectivity index (χ0) is 13.5. The van der Waals surface area contributed by atoms with Gasteiger partial charge in [0.05, 0.1) is 13.7 Å². The van der Waals surface area contributed by atoms with Crippen LogP contribution in [-0.2, 0) is 12.0 Å². The maximum absolute atomic E-state index is 5.90. The lowest BCUT2D eigenvalue weighted by Gasteiger charge is -2.19. The van der Waals surface area contributed by atoms with Crippen molar-refractivity contribution in [3.05, 3.63) is 29.0 Å². The summed E-state index contributed by atoms with van der Waals surface area (Å²) in [5.41, 5.74) is 8.95. The first-order valence-electron chi connectivity index (χ1n) is 6.19. The molecule has 0 saturated heterocycles. The van der Waals surface area contributed by atoms with Crippen LogP contribution in [0.5, 0.6) is 5.75 Å². The third-order valence-corrected chi connectivity index (χ3v) is 3.13. The van der Waals surface area contributed by atoms with Gasteiger partial charge in [0.25, 0.3) is 0 Å². The Morgan fingerprint density at radius 2 is 1.94 bits per heavy atom. The van der Waals surface area contributed by atoms with Gasteiger partial charge in [0.2, 0.25) is 0 Å². The highest BCUT2D eigenvalue weighted by molar-refractivity contribution is 5.89. The lowest BCUT2D eigenvalue weighted by molar-refractivity contribution is 0.406. The van der Waals surface area contributed by atoms with Crippen molar-refractivity contribution in [3.8, 4) is 5.75 Å². The lowest BCUT2D eigenvalue weighted by atomic mass is 9.84. The highest BCUT2D eigenvalue weighted by Crippen LogP contribution is 2.39. The predicted octanol–water partition coefficient (Wildman–Crippen LogP) is 3.51. The van der Waals surface area contributed by atoms with Crippen LogP contribution in [0, 0.1) is 6.92 Å². The van der Waals surface area contributed by atoms with Crippen molar-refractivity contribution in [2.45, 2.75) is 39.7 Å². The first kappa shape index (κ1) is 13.0. The van der Waals surface area contributed by atoms with E-state index < -0.39 is 0 Å². The van der Waals surface area contributed by atoms with E-state index in [1.165, 1.54) is 5.56 Å². The van der Waals surface area contributed by atoms with Crippen LogP contribution < -0.4 is 10.5 Å². The topological polar surface area (TPSA) is 48.4 Å². The fourth-order valence-electron chi connectivity index (χ4n) is 2.47. The van der Waals surface area contributed by atoms with E-state index >= 15 is 0 Å². The van der Waals surface area contributed by atoms with Crippen LogP contribution in [0.25, 0.3) is 11.0 Å². The minimum Gasteiger partial charge on any atom is -0.493 e. The summed E-state index contributed by atoms with van der Waals surface area (Å²) in [6.45, 7) is 8.98. The molecule has 0 amide bonds. The molecule has 2 N–H and O–H groups in total. The number of nitrogens with two attached hydrogens (primary N) is 1. The van der Waals surface area contributed by atoms with E-state index in [0.717, 1.165) is 28.0 Å². The molecule has 3 nitrogen and oxygen atoms in total. The number of benzene rings is 1. The van der Waals surface area contributed by atoms with Gasteiger partial charge in [-0.05, 0) is 30.0 Å². The molecule has 0 spiro atoms. The van der Waals surface area contributed by atoms with E-state index in [1.807, 2.05) is 6.07 Å². The van der Waals surface area contributed by atoms with Gasteiger partial charge in [0, 0.05) is 10.9 Å². The van der Waals surface area contributed by atoms with E-state index in [-0.39, 0.29) is 5.41 Å². The van der Waals surface area contributed by atoms with E-state index in [1.54, 1.807) is 7.11 Å². The van der Waals surface area contributed by atoms with Gasteiger partial charge in [-0.3, -0.25) is 0 Å². The Morgan fingerprint density at radius 3 is 2.44 bits per heavy atom. The molecule has 2 rings (SSSR count). The molecule has 0 aliphatic rings. The average Bonchev–Trinajstić information content (AvgIpc) is 2.65. The van der Waals surface area contributed by atoms with E-state index in [9.17, 15) is 0 Å². The van der Waals surface area contributed by atoms with Gasteiger partial charge in [-0.25, -0.2) is 0 Å². The molecule has 0 radical (unpaired) electrons. The zero-order valence-electron chi connectivity index (χ0n) is 11.8. The fraction of sp³-hybridized carbons (Fsp3) is 0.467. The van der Waals surface area contributed by atoms with Crippen molar-refractivity contribution in [3.63, 3.8) is 0 Å². The van der Waals surface area contributed by atoms with Crippen LogP contribution in [0.2, 0.25) is 0 Å². The standard InChI is InChI=1S/C15H21NO2/c1-9-6-10-13(15(2,3)4)12(8-16)18-14(10)11(7-9)17-5/h6-7H,8,16H2,1-5H3. The molecule has 1 heterocycles. The molecule has 3 heteroatoms. The number of rotatable bonds is 2. The van der Waals surface area contributed by atoms with Crippen molar-refractivity contribution in [2.24, 2.45) is 5.73 Å². The monoisotopic (exact) mass is 247 g/mol. The molecule has 98 valence electrons. The minimum absolute atomic E-state index is 0.00123. The summed E-state index contributed by atoms with van der Waals surface area (Å²) < 4.78 is 11.3. The maximum atomic E-state index is 5.90. The summed E-state index contributed by atoms with van der Waals surface area (Å²) in [6.07, 6.45) is 0. The number of methoxy groups -OCH3 is 1. The molecule has 1 aromatic carbocycles. The van der Waals surface area contributed by atoms with Crippen LogP contribution in [0.1, 0.15) is 37.7 Å². The van der Waals surface area contributed by atoms with Crippen molar-refractivity contribution in [2.75, 3.05) is 7.11 Å². The summed E-state index contributed by atoms with van der Waals surface area (Å²) in [5.74, 6) is 1.62. The number of hydrogen-bond donors (Lipinski definition) is 1. The molecule has 0 unspecified atom stereocenters. The second-order valence-corrected chi connectivity index (χ2v) is 5.70. The quantitative estimate of drug-likeness (QED) is 0.883. The predicted molar refractivity (Wildman–Crippen MR) is 74.1 cm³/mol. The van der Waals surface area contributed by atoms with Crippen molar-refractivity contribution < 1.29 is 9.15 Å². The highest BCUT2D eigenvalue weighted by Gasteiger charge is 2.26. The Morgan fingerprint density at radius 1 is 1.28 bits per heavy atom. The second kappa shape index (κ2) is 4.32. The Balaban J connectivity index is 2.87. The molecule has 1 aromatic heterocycles. The lowest BCUT2D eigenvalue weighted by Crippen LogP contribution is -2.14. The van der Waals surface area contributed by atoms with Gasteiger partial charge < -0.3 is 14.9 Å². The molecule has 0 aliphatic carbocycles. The molecule has 0 fully saturated rings. The average molecular weight is 247 g/mol. The summed E-state index contributed by atoms with van der Waals surface area (Å²) in [6, 6.07) is 4.12. The van der Waals surface area contributed by atoms with E-state index in [0.29, 0.717) is 6.54 Å². The summed E-state index contributed by atoms with van der Waals surface area (Å²) in [5, 5.41) is 1.11. The number of aryl methyl sites for hydroxylation is 1. The number of furan rings is 1. The Kier molecular flexibility index (Phi) is 3.11. The zero-order valence-corrected chi connectivity index (χ0v) is 11.8. The Bertz CT molecular complexity index is 576. The largest absolute Gasteiger partial charge is 0.493 e. The van der Waals surface area contributed by atoms with Crippen molar-refractivity contribution in [1.82, 2.24) is 0 Å².